The smallest absolute Gasteiger partial charge is 0.129 e. The zero-order valence-corrected chi connectivity index (χ0v) is 11.4. The maximum absolute atomic E-state index is 13.2. The average Bonchev–Trinajstić information content (AvgIpc) is 3.32. The first-order valence-corrected chi connectivity index (χ1v) is 7.35. The molecule has 20 heavy (non-hydrogen) atoms. The zero-order valence-electron chi connectivity index (χ0n) is 11.4. The number of nitrogens with zero attached hydrogens (tertiary/aromatic N) is 3. The minimum absolute atomic E-state index is 0.204. The summed E-state index contributed by atoms with van der Waals surface area (Å²) in [7, 11) is 0. The number of pyridine rings is 1. The Balaban J connectivity index is 1.54. The van der Waals surface area contributed by atoms with Crippen molar-refractivity contribution in [3.63, 3.8) is 0 Å². The average molecular weight is 271 g/mol. The Morgan fingerprint density at radius 3 is 2.55 bits per heavy atom. The molecule has 104 valence electrons. The van der Waals surface area contributed by atoms with Gasteiger partial charge >= 0.3 is 0 Å². The van der Waals surface area contributed by atoms with Gasteiger partial charge in [-0.3, -0.25) is 4.90 Å². The molecular weight excluding hydrogens is 253 g/mol. The molecule has 1 saturated carbocycles. The van der Waals surface area contributed by atoms with Crippen LogP contribution in [0.25, 0.3) is 10.9 Å². The van der Waals surface area contributed by atoms with Crippen LogP contribution in [-0.4, -0.2) is 42.1 Å². The predicted molar refractivity (Wildman–Crippen MR) is 78.5 cm³/mol. The van der Waals surface area contributed by atoms with Crippen LogP contribution in [-0.2, 0) is 0 Å². The van der Waals surface area contributed by atoms with Gasteiger partial charge in [0.1, 0.15) is 11.6 Å². The van der Waals surface area contributed by atoms with E-state index in [1.165, 1.54) is 25.0 Å². The summed E-state index contributed by atoms with van der Waals surface area (Å²) in [5, 5.41) is 0.866. The van der Waals surface area contributed by atoms with Gasteiger partial charge in [0.15, 0.2) is 0 Å². The fraction of sp³-hybridized carbons (Fsp3) is 0.438. The Bertz CT molecular complexity index is 631. The number of hydrogen-bond donors (Lipinski definition) is 0. The summed E-state index contributed by atoms with van der Waals surface area (Å²) in [4.78, 5) is 9.59. The van der Waals surface area contributed by atoms with Gasteiger partial charge in [-0.2, -0.15) is 0 Å². The van der Waals surface area contributed by atoms with E-state index in [0.29, 0.717) is 0 Å². The summed E-state index contributed by atoms with van der Waals surface area (Å²) in [6.07, 6.45) is 2.75. The highest BCUT2D eigenvalue weighted by Gasteiger charge is 2.31. The summed E-state index contributed by atoms with van der Waals surface area (Å²) in [6, 6.07) is 9.60. The van der Waals surface area contributed by atoms with Crippen LogP contribution in [0.3, 0.4) is 0 Å². The van der Waals surface area contributed by atoms with Crippen molar-refractivity contribution in [3.05, 3.63) is 36.1 Å². The first kappa shape index (κ1) is 12.1. The van der Waals surface area contributed by atoms with E-state index in [4.69, 9.17) is 0 Å². The molecule has 0 N–H and O–H groups in total. The van der Waals surface area contributed by atoms with Gasteiger partial charge in [-0.25, -0.2) is 9.37 Å². The van der Waals surface area contributed by atoms with E-state index in [9.17, 15) is 4.39 Å². The second-order valence-electron chi connectivity index (χ2n) is 5.76. The van der Waals surface area contributed by atoms with Crippen LogP contribution in [0.2, 0.25) is 0 Å². The molecule has 0 bridgehead atoms. The van der Waals surface area contributed by atoms with E-state index in [1.54, 1.807) is 6.07 Å². The van der Waals surface area contributed by atoms with Crippen molar-refractivity contribution >= 4 is 16.7 Å². The topological polar surface area (TPSA) is 19.4 Å². The Hall–Kier alpha value is -1.68. The van der Waals surface area contributed by atoms with Crippen molar-refractivity contribution < 1.29 is 4.39 Å². The first-order chi connectivity index (χ1) is 9.79. The maximum atomic E-state index is 13.2. The van der Waals surface area contributed by atoms with Crippen LogP contribution < -0.4 is 4.90 Å². The van der Waals surface area contributed by atoms with E-state index in [-0.39, 0.29) is 5.82 Å². The summed E-state index contributed by atoms with van der Waals surface area (Å²) >= 11 is 0. The minimum atomic E-state index is -0.204. The molecule has 4 heteroatoms. The van der Waals surface area contributed by atoms with E-state index < -0.39 is 0 Å². The summed E-state index contributed by atoms with van der Waals surface area (Å²) in [5.41, 5.74) is 0.869. The van der Waals surface area contributed by atoms with Gasteiger partial charge < -0.3 is 4.90 Å². The van der Waals surface area contributed by atoms with Gasteiger partial charge in [0.2, 0.25) is 0 Å². The lowest BCUT2D eigenvalue weighted by molar-refractivity contribution is 0.247. The molecule has 0 radical (unpaired) electrons. The largest absolute Gasteiger partial charge is 0.354 e. The molecule has 1 saturated heterocycles. The molecule has 2 heterocycles. The highest BCUT2D eigenvalue weighted by molar-refractivity contribution is 5.80. The molecule has 2 aromatic rings. The van der Waals surface area contributed by atoms with Gasteiger partial charge in [0.05, 0.1) is 5.52 Å². The molecule has 4 rings (SSSR count). The number of rotatable bonds is 2. The summed E-state index contributed by atoms with van der Waals surface area (Å²) in [6.45, 7) is 4.34. The molecule has 0 unspecified atom stereocenters. The van der Waals surface area contributed by atoms with Crippen LogP contribution in [0.5, 0.6) is 0 Å². The SMILES string of the molecule is Fc1ccc2nc(N3CCN(C4CC4)CC3)ccc2c1. The number of anilines is 1. The zero-order chi connectivity index (χ0) is 13.5. The molecule has 1 aliphatic carbocycles. The number of hydrogen-bond acceptors (Lipinski definition) is 3. The normalized spacial score (nSPS) is 20.6. The molecule has 1 aromatic carbocycles. The van der Waals surface area contributed by atoms with Crippen LogP contribution >= 0.6 is 0 Å². The van der Waals surface area contributed by atoms with E-state index in [0.717, 1.165) is 48.9 Å². The highest BCUT2D eigenvalue weighted by atomic mass is 19.1. The fourth-order valence-corrected chi connectivity index (χ4v) is 3.02. The van der Waals surface area contributed by atoms with Crippen LogP contribution in [0, 0.1) is 5.82 Å². The highest BCUT2D eigenvalue weighted by Crippen LogP contribution is 2.28. The third-order valence-corrected chi connectivity index (χ3v) is 4.34. The lowest BCUT2D eigenvalue weighted by atomic mass is 10.2. The molecule has 1 aliphatic heterocycles. The van der Waals surface area contributed by atoms with Gasteiger partial charge in [-0.1, -0.05) is 0 Å². The molecule has 0 spiro atoms. The fourth-order valence-electron chi connectivity index (χ4n) is 3.02. The lowest BCUT2D eigenvalue weighted by Crippen LogP contribution is -2.47. The van der Waals surface area contributed by atoms with Gasteiger partial charge in [-0.05, 0) is 43.2 Å². The second kappa shape index (κ2) is 4.70. The molecular formula is C16H18FN3. The lowest BCUT2D eigenvalue weighted by Gasteiger charge is -2.35. The molecule has 0 amide bonds. The molecule has 0 atom stereocenters. The van der Waals surface area contributed by atoms with Crippen LogP contribution in [0.1, 0.15) is 12.8 Å². The van der Waals surface area contributed by atoms with E-state index in [1.807, 2.05) is 12.1 Å². The molecule has 2 fully saturated rings. The van der Waals surface area contributed by atoms with Gasteiger partial charge in [-0.15, -0.1) is 0 Å². The summed E-state index contributed by atoms with van der Waals surface area (Å²) in [5.74, 6) is 0.810. The van der Waals surface area contributed by atoms with E-state index in [2.05, 4.69) is 14.8 Å². The molecule has 1 aromatic heterocycles. The molecule has 2 aliphatic rings. The third-order valence-electron chi connectivity index (χ3n) is 4.34. The predicted octanol–water partition coefficient (Wildman–Crippen LogP) is 2.66. The summed E-state index contributed by atoms with van der Waals surface area (Å²) < 4.78 is 13.2. The van der Waals surface area contributed by atoms with Gasteiger partial charge in [0.25, 0.3) is 0 Å². The molecule has 3 nitrogen and oxygen atoms in total. The second-order valence-corrected chi connectivity index (χ2v) is 5.76. The van der Waals surface area contributed by atoms with Crippen LogP contribution in [0.15, 0.2) is 30.3 Å². The number of aromatic nitrogens is 1. The number of benzene rings is 1. The van der Waals surface area contributed by atoms with Crippen molar-refractivity contribution in [1.82, 2.24) is 9.88 Å². The quantitative estimate of drug-likeness (QED) is 0.837. The van der Waals surface area contributed by atoms with E-state index >= 15 is 0 Å². The Morgan fingerprint density at radius 2 is 1.80 bits per heavy atom. The first-order valence-electron chi connectivity index (χ1n) is 7.35. The van der Waals surface area contributed by atoms with Crippen molar-refractivity contribution in [1.29, 1.82) is 0 Å². The monoisotopic (exact) mass is 271 g/mol. The Kier molecular flexibility index (Phi) is 2.84. The number of piperazine rings is 1. The van der Waals surface area contributed by atoms with Crippen LogP contribution in [0.4, 0.5) is 10.2 Å². The van der Waals surface area contributed by atoms with Crippen molar-refractivity contribution in [3.8, 4) is 0 Å². The Labute approximate surface area is 118 Å². The maximum Gasteiger partial charge on any atom is 0.129 e. The number of fused-ring (bicyclic) bond motifs is 1. The standard InChI is InChI=1S/C16H18FN3/c17-13-2-5-15-12(11-13)1-6-16(18-15)20-9-7-19(8-10-20)14-3-4-14/h1-2,5-6,11,14H,3-4,7-10H2. The third kappa shape index (κ3) is 2.24. The number of halogens is 1. The van der Waals surface area contributed by atoms with Crippen molar-refractivity contribution in [2.24, 2.45) is 0 Å². The van der Waals surface area contributed by atoms with Crippen molar-refractivity contribution in [2.45, 2.75) is 18.9 Å². The van der Waals surface area contributed by atoms with Crippen molar-refractivity contribution in [2.75, 3.05) is 31.1 Å². The minimum Gasteiger partial charge on any atom is -0.354 e. The van der Waals surface area contributed by atoms with Gasteiger partial charge in [0, 0.05) is 37.6 Å². The Morgan fingerprint density at radius 1 is 1.00 bits per heavy atom.